The maximum Gasteiger partial charge on any atom is 0.405 e. The van der Waals surface area contributed by atoms with Gasteiger partial charge in [0, 0.05) is 30.7 Å². The Bertz CT molecular complexity index is 1540. The Balaban J connectivity index is 1.44. The van der Waals surface area contributed by atoms with E-state index in [2.05, 4.69) is 10.6 Å². The van der Waals surface area contributed by atoms with Crippen LogP contribution in [0.5, 0.6) is 0 Å². The van der Waals surface area contributed by atoms with Gasteiger partial charge in [0.05, 0.1) is 11.5 Å². The molecule has 1 aliphatic rings. The van der Waals surface area contributed by atoms with Crippen molar-refractivity contribution in [1.82, 2.24) is 14.9 Å². The van der Waals surface area contributed by atoms with E-state index in [1.54, 1.807) is 12.1 Å². The second-order valence-corrected chi connectivity index (χ2v) is 14.3. The van der Waals surface area contributed by atoms with Gasteiger partial charge in [0.1, 0.15) is 6.04 Å². The molecule has 45 heavy (non-hydrogen) atoms. The third-order valence-corrected chi connectivity index (χ3v) is 10.5. The first-order valence-electron chi connectivity index (χ1n) is 15.7. The van der Waals surface area contributed by atoms with Crippen molar-refractivity contribution in [3.8, 4) is 0 Å². The second kappa shape index (κ2) is 15.6. The fourth-order valence-electron chi connectivity index (χ4n) is 5.82. The van der Waals surface area contributed by atoms with Crippen LogP contribution in [0.3, 0.4) is 0 Å². The van der Waals surface area contributed by atoms with Crippen LogP contribution in [0.15, 0.2) is 71.6 Å². The molecular formula is C34H46N4O6S. The number of nitrogen functional groups attached to an aromatic ring is 1. The summed E-state index contributed by atoms with van der Waals surface area (Å²) in [5, 5.41) is 27.4. The molecule has 244 valence electrons. The highest BCUT2D eigenvalue weighted by molar-refractivity contribution is 7.89. The number of nitrogens with two attached hydrogens (primary N) is 1. The molecule has 0 spiro atoms. The van der Waals surface area contributed by atoms with Gasteiger partial charge >= 0.3 is 6.09 Å². The highest BCUT2D eigenvalue weighted by atomic mass is 32.2. The largest absolute Gasteiger partial charge is 0.465 e. The van der Waals surface area contributed by atoms with Gasteiger partial charge in [0.15, 0.2) is 0 Å². The van der Waals surface area contributed by atoms with E-state index in [0.717, 1.165) is 29.2 Å². The van der Waals surface area contributed by atoms with E-state index in [-0.39, 0.29) is 48.3 Å². The predicted octanol–water partition coefficient (Wildman–Crippen LogP) is 4.76. The smallest absolute Gasteiger partial charge is 0.405 e. The van der Waals surface area contributed by atoms with Crippen LogP contribution in [-0.2, 0) is 21.2 Å². The summed E-state index contributed by atoms with van der Waals surface area (Å²) in [4.78, 5) is 25.3. The Morgan fingerprint density at radius 1 is 0.956 bits per heavy atom. The number of amides is 2. The zero-order chi connectivity index (χ0) is 32.6. The molecule has 1 saturated carbocycles. The topological polar surface area (TPSA) is 162 Å². The van der Waals surface area contributed by atoms with Crippen LogP contribution in [0.4, 0.5) is 10.5 Å². The number of anilines is 1. The molecule has 0 saturated heterocycles. The minimum Gasteiger partial charge on any atom is -0.465 e. The van der Waals surface area contributed by atoms with E-state index in [1.807, 2.05) is 56.3 Å². The molecule has 0 aliphatic heterocycles. The molecule has 0 radical (unpaired) electrons. The number of nitrogens with zero attached hydrogens (tertiary/aromatic N) is 1. The summed E-state index contributed by atoms with van der Waals surface area (Å²) in [7, 11) is -3.88. The molecular weight excluding hydrogens is 592 g/mol. The Morgan fingerprint density at radius 3 is 2.29 bits per heavy atom. The zero-order valence-corrected chi connectivity index (χ0v) is 26.9. The standard InChI is InChI=1S/C34H46N4O6S/c1-23(2)19-20-38(45(43,44)29-17-15-27(35)16-18-29)28(22-39)10-6-12-31(25-13-14-25)36-33(40)32(37-34(41)42)21-26-9-5-8-24-7-3-4-11-30(24)26/h3-5,7-9,11,15-18,23,25,28,31-32,37,39H,6,10,12-14,19-22,35H2,1-2H3,(H,36,40)(H,41,42)/t28-,31+,32-/m0/s1. The van der Waals surface area contributed by atoms with Crippen LogP contribution in [0.1, 0.15) is 57.9 Å². The lowest BCUT2D eigenvalue weighted by Gasteiger charge is -2.31. The molecule has 10 nitrogen and oxygen atoms in total. The number of carbonyl (C=O) groups excluding carboxylic acids is 1. The van der Waals surface area contributed by atoms with Crippen LogP contribution >= 0.6 is 0 Å². The SMILES string of the molecule is CC(C)CCN([C@H](CO)CCC[C@@H](NC(=O)[C@H](Cc1cccc2ccccc12)NC(=O)O)C1CC1)S(=O)(=O)c1ccc(N)cc1. The van der Waals surface area contributed by atoms with Crippen molar-refractivity contribution in [3.63, 3.8) is 0 Å². The Morgan fingerprint density at radius 2 is 1.64 bits per heavy atom. The monoisotopic (exact) mass is 638 g/mol. The molecule has 4 rings (SSSR count). The fraction of sp³-hybridized carbons (Fsp3) is 0.471. The van der Waals surface area contributed by atoms with Crippen molar-refractivity contribution in [2.24, 2.45) is 11.8 Å². The number of carboxylic acid groups (broad SMARTS) is 1. The third kappa shape index (κ3) is 9.42. The van der Waals surface area contributed by atoms with Crippen LogP contribution in [0, 0.1) is 11.8 Å². The second-order valence-electron chi connectivity index (χ2n) is 12.4. The normalized spacial score (nSPS) is 15.6. The number of carbonyl (C=O) groups is 2. The first-order chi connectivity index (χ1) is 21.5. The molecule has 3 aromatic rings. The predicted molar refractivity (Wildman–Crippen MR) is 176 cm³/mol. The Kier molecular flexibility index (Phi) is 11.8. The number of fused-ring (bicyclic) bond motifs is 1. The summed E-state index contributed by atoms with van der Waals surface area (Å²) in [6.45, 7) is 3.99. The number of hydrogen-bond acceptors (Lipinski definition) is 6. The molecule has 1 fully saturated rings. The average Bonchev–Trinajstić information content (AvgIpc) is 3.85. The van der Waals surface area contributed by atoms with Crippen molar-refractivity contribution in [2.45, 2.75) is 81.8 Å². The van der Waals surface area contributed by atoms with Gasteiger partial charge in [-0.2, -0.15) is 4.31 Å². The molecule has 6 N–H and O–H groups in total. The lowest BCUT2D eigenvalue weighted by molar-refractivity contribution is -0.124. The minimum atomic E-state index is -3.88. The molecule has 0 heterocycles. The maximum atomic E-state index is 13.7. The molecule has 0 aromatic heterocycles. The van der Waals surface area contributed by atoms with E-state index in [0.29, 0.717) is 31.4 Å². The van der Waals surface area contributed by atoms with Crippen LogP contribution in [0.2, 0.25) is 0 Å². The summed E-state index contributed by atoms with van der Waals surface area (Å²) in [6, 6.07) is 17.9. The fourth-order valence-corrected chi connectivity index (χ4v) is 7.48. The highest BCUT2D eigenvalue weighted by Gasteiger charge is 2.35. The molecule has 1 aliphatic carbocycles. The van der Waals surface area contributed by atoms with Gasteiger partial charge in [-0.1, -0.05) is 56.3 Å². The van der Waals surface area contributed by atoms with Gasteiger partial charge in [-0.15, -0.1) is 0 Å². The third-order valence-electron chi connectivity index (χ3n) is 8.52. The number of nitrogens with one attached hydrogen (secondary N) is 2. The van der Waals surface area contributed by atoms with Gasteiger partial charge in [-0.25, -0.2) is 13.2 Å². The highest BCUT2D eigenvalue weighted by Crippen LogP contribution is 2.35. The molecule has 3 atom stereocenters. The van der Waals surface area contributed by atoms with Crippen molar-refractivity contribution < 1.29 is 28.2 Å². The summed E-state index contributed by atoms with van der Waals surface area (Å²) < 4.78 is 28.8. The molecule has 0 bridgehead atoms. The van der Waals surface area contributed by atoms with Gasteiger partial charge in [-0.3, -0.25) is 4.79 Å². The Hall–Kier alpha value is -3.67. The quantitative estimate of drug-likeness (QED) is 0.133. The number of rotatable bonds is 17. The van der Waals surface area contributed by atoms with Crippen molar-refractivity contribution in [1.29, 1.82) is 0 Å². The van der Waals surface area contributed by atoms with Crippen molar-refractivity contribution in [3.05, 3.63) is 72.3 Å². The molecule has 0 unspecified atom stereocenters. The lowest BCUT2D eigenvalue weighted by atomic mass is 9.97. The Labute approximate surface area is 266 Å². The number of aliphatic hydroxyl groups excluding tert-OH is 1. The van der Waals surface area contributed by atoms with E-state index in [4.69, 9.17) is 5.73 Å². The van der Waals surface area contributed by atoms with Crippen LogP contribution < -0.4 is 16.4 Å². The van der Waals surface area contributed by atoms with Crippen LogP contribution in [-0.4, -0.2) is 66.2 Å². The number of sulfonamides is 1. The van der Waals surface area contributed by atoms with E-state index in [9.17, 15) is 28.2 Å². The zero-order valence-electron chi connectivity index (χ0n) is 26.1. The van der Waals surface area contributed by atoms with Crippen LogP contribution in [0.25, 0.3) is 10.8 Å². The van der Waals surface area contributed by atoms with Gasteiger partial charge in [-0.05, 0) is 91.0 Å². The molecule has 3 aromatic carbocycles. The summed E-state index contributed by atoms with van der Waals surface area (Å²) in [5.41, 5.74) is 7.12. The summed E-state index contributed by atoms with van der Waals surface area (Å²) in [5.74, 6) is 0.162. The number of aliphatic hydroxyl groups is 1. The maximum absolute atomic E-state index is 13.7. The summed E-state index contributed by atoms with van der Waals surface area (Å²) >= 11 is 0. The molecule has 11 heteroatoms. The van der Waals surface area contributed by atoms with Gasteiger partial charge in [0.25, 0.3) is 0 Å². The minimum absolute atomic E-state index is 0.130. The lowest BCUT2D eigenvalue weighted by Crippen LogP contribution is -2.51. The van der Waals surface area contributed by atoms with Crippen molar-refractivity contribution >= 4 is 38.5 Å². The number of benzene rings is 3. The van der Waals surface area contributed by atoms with Gasteiger partial charge in [0.2, 0.25) is 15.9 Å². The summed E-state index contributed by atoms with van der Waals surface area (Å²) in [6.07, 6.45) is 3.06. The average molecular weight is 639 g/mol. The van der Waals surface area contributed by atoms with E-state index < -0.39 is 28.2 Å². The molecule has 2 amide bonds. The van der Waals surface area contributed by atoms with E-state index >= 15 is 0 Å². The first-order valence-corrected chi connectivity index (χ1v) is 17.2. The van der Waals surface area contributed by atoms with Gasteiger partial charge < -0.3 is 26.6 Å². The number of hydrogen-bond donors (Lipinski definition) is 5. The first kappa shape index (κ1) is 34.2. The van der Waals surface area contributed by atoms with E-state index in [1.165, 1.54) is 16.4 Å². The van der Waals surface area contributed by atoms with Crippen molar-refractivity contribution in [2.75, 3.05) is 18.9 Å².